The van der Waals surface area contributed by atoms with Gasteiger partial charge in [-0.1, -0.05) is 18.1 Å². The topological polar surface area (TPSA) is 35.6 Å². The minimum absolute atomic E-state index is 0.00753. The van der Waals surface area contributed by atoms with Crippen LogP contribution in [0.1, 0.15) is 11.1 Å². The minimum atomic E-state index is 0.00753. The monoisotopic (exact) mass is 285 g/mol. The maximum Gasteiger partial charge on any atom is 0.234 e. The van der Waals surface area contributed by atoms with Crippen molar-refractivity contribution in [1.29, 1.82) is 0 Å². The number of amides is 1. The van der Waals surface area contributed by atoms with Crippen molar-refractivity contribution in [2.75, 3.05) is 44.2 Å². The molecule has 0 aliphatic carbocycles. The Morgan fingerprint density at radius 2 is 2.00 bits per heavy atom. The third-order valence-electron chi connectivity index (χ3n) is 4.04. The zero-order chi connectivity index (χ0) is 15.2. The summed E-state index contributed by atoms with van der Waals surface area (Å²) in [6, 6.07) is 6.43. The van der Waals surface area contributed by atoms with E-state index in [1.807, 2.05) is 0 Å². The first kappa shape index (κ1) is 15.4. The number of carbonyl (C=O) groups excluding carboxylic acids is 1. The number of hydrogen-bond acceptors (Lipinski definition) is 3. The summed E-state index contributed by atoms with van der Waals surface area (Å²) in [6.07, 6.45) is 5.13. The predicted molar refractivity (Wildman–Crippen MR) is 86.4 cm³/mol. The molecule has 0 unspecified atom stereocenters. The molecule has 1 fully saturated rings. The van der Waals surface area contributed by atoms with Crippen molar-refractivity contribution in [1.82, 2.24) is 10.2 Å². The summed E-state index contributed by atoms with van der Waals surface area (Å²) in [5.41, 5.74) is 3.98. The molecule has 1 aromatic rings. The molecule has 0 bridgehead atoms. The number of nitrogens with one attached hydrogen (secondary N) is 1. The van der Waals surface area contributed by atoms with Crippen LogP contribution in [0.15, 0.2) is 18.2 Å². The molecule has 21 heavy (non-hydrogen) atoms. The zero-order valence-electron chi connectivity index (χ0n) is 12.9. The van der Waals surface area contributed by atoms with Gasteiger partial charge in [0.25, 0.3) is 0 Å². The fourth-order valence-corrected chi connectivity index (χ4v) is 2.63. The zero-order valence-corrected chi connectivity index (χ0v) is 12.9. The molecule has 1 N–H and O–H groups in total. The van der Waals surface area contributed by atoms with Crippen LogP contribution < -0.4 is 10.2 Å². The van der Waals surface area contributed by atoms with Crippen LogP contribution in [-0.2, 0) is 4.79 Å². The number of anilines is 1. The summed E-state index contributed by atoms with van der Waals surface area (Å²) < 4.78 is 0. The molecule has 1 aliphatic rings. The summed E-state index contributed by atoms with van der Waals surface area (Å²) in [7, 11) is 0. The third kappa shape index (κ3) is 3.99. The first-order valence-electron chi connectivity index (χ1n) is 7.35. The van der Waals surface area contributed by atoms with Crippen molar-refractivity contribution in [3.63, 3.8) is 0 Å². The normalized spacial score (nSPS) is 15.6. The average Bonchev–Trinajstić information content (AvgIpc) is 2.49. The molecule has 1 aliphatic heterocycles. The number of aryl methyl sites for hydroxylation is 1. The standard InChI is InChI=1S/C17H23N3O/c1-4-8-18-17(21)13-19-9-11-20(12-10-19)16-7-5-6-14(2)15(16)3/h1,5-7H,8-13H2,2-3H3,(H,18,21). The van der Waals surface area contributed by atoms with E-state index in [1.165, 1.54) is 16.8 Å². The van der Waals surface area contributed by atoms with Crippen molar-refractivity contribution in [2.45, 2.75) is 13.8 Å². The van der Waals surface area contributed by atoms with Gasteiger partial charge >= 0.3 is 0 Å². The molecule has 0 atom stereocenters. The van der Waals surface area contributed by atoms with Gasteiger partial charge in [-0.15, -0.1) is 6.42 Å². The van der Waals surface area contributed by atoms with E-state index in [0.717, 1.165) is 26.2 Å². The van der Waals surface area contributed by atoms with E-state index in [9.17, 15) is 4.79 Å². The molecular formula is C17H23N3O. The maximum atomic E-state index is 11.7. The number of rotatable bonds is 4. The summed E-state index contributed by atoms with van der Waals surface area (Å²) in [5.74, 6) is 2.42. The second-order valence-corrected chi connectivity index (χ2v) is 5.46. The van der Waals surface area contributed by atoms with Crippen LogP contribution in [0.3, 0.4) is 0 Å². The lowest BCUT2D eigenvalue weighted by Crippen LogP contribution is -2.49. The molecule has 4 heteroatoms. The SMILES string of the molecule is C#CCNC(=O)CN1CCN(c2cccc(C)c2C)CC1. The van der Waals surface area contributed by atoms with E-state index in [4.69, 9.17) is 6.42 Å². The second-order valence-electron chi connectivity index (χ2n) is 5.46. The van der Waals surface area contributed by atoms with E-state index in [0.29, 0.717) is 13.1 Å². The summed E-state index contributed by atoms with van der Waals surface area (Å²) in [6.45, 7) is 8.76. The van der Waals surface area contributed by atoms with Crippen LogP contribution in [0.5, 0.6) is 0 Å². The van der Waals surface area contributed by atoms with Crippen molar-refractivity contribution in [3.8, 4) is 12.3 Å². The Morgan fingerprint density at radius 1 is 1.29 bits per heavy atom. The van der Waals surface area contributed by atoms with Crippen LogP contribution >= 0.6 is 0 Å². The van der Waals surface area contributed by atoms with Gasteiger partial charge in [-0.3, -0.25) is 9.69 Å². The molecule has 112 valence electrons. The highest BCUT2D eigenvalue weighted by molar-refractivity contribution is 5.78. The Morgan fingerprint density at radius 3 is 2.67 bits per heavy atom. The second kappa shape index (κ2) is 7.14. The highest BCUT2D eigenvalue weighted by Gasteiger charge is 2.20. The van der Waals surface area contributed by atoms with Gasteiger partial charge in [0.2, 0.25) is 5.91 Å². The first-order chi connectivity index (χ1) is 10.1. The Balaban J connectivity index is 1.87. The molecule has 1 heterocycles. The van der Waals surface area contributed by atoms with Crippen LogP contribution in [0, 0.1) is 26.2 Å². The smallest absolute Gasteiger partial charge is 0.234 e. The predicted octanol–water partition coefficient (Wildman–Crippen LogP) is 1.17. The van der Waals surface area contributed by atoms with Gasteiger partial charge in [-0.25, -0.2) is 0 Å². The summed E-state index contributed by atoms with van der Waals surface area (Å²) in [5, 5.41) is 2.71. The number of hydrogen-bond donors (Lipinski definition) is 1. The minimum Gasteiger partial charge on any atom is -0.369 e. The average molecular weight is 285 g/mol. The Bertz CT molecular complexity index is 539. The van der Waals surface area contributed by atoms with Gasteiger partial charge < -0.3 is 10.2 Å². The molecule has 1 saturated heterocycles. The van der Waals surface area contributed by atoms with Gasteiger partial charge in [0.05, 0.1) is 13.1 Å². The summed E-state index contributed by atoms with van der Waals surface area (Å²) in [4.78, 5) is 16.2. The fourth-order valence-electron chi connectivity index (χ4n) is 2.63. The Labute approximate surface area is 127 Å². The maximum absolute atomic E-state index is 11.7. The molecule has 0 radical (unpaired) electrons. The van der Waals surface area contributed by atoms with Crippen molar-refractivity contribution in [3.05, 3.63) is 29.3 Å². The number of nitrogens with zero attached hydrogens (tertiary/aromatic N) is 2. The van der Waals surface area contributed by atoms with Gasteiger partial charge in [-0.05, 0) is 31.0 Å². The summed E-state index contributed by atoms with van der Waals surface area (Å²) >= 11 is 0. The molecule has 4 nitrogen and oxygen atoms in total. The highest BCUT2D eigenvalue weighted by atomic mass is 16.2. The van der Waals surface area contributed by atoms with Gasteiger partial charge in [0.1, 0.15) is 0 Å². The van der Waals surface area contributed by atoms with Crippen LogP contribution in [0.25, 0.3) is 0 Å². The Hall–Kier alpha value is -1.99. The third-order valence-corrected chi connectivity index (χ3v) is 4.04. The number of terminal acetylenes is 1. The molecular weight excluding hydrogens is 262 g/mol. The lowest BCUT2D eigenvalue weighted by molar-refractivity contribution is -0.122. The number of benzene rings is 1. The van der Waals surface area contributed by atoms with E-state index < -0.39 is 0 Å². The van der Waals surface area contributed by atoms with Crippen molar-refractivity contribution < 1.29 is 4.79 Å². The van der Waals surface area contributed by atoms with Crippen LogP contribution in [-0.4, -0.2) is 50.1 Å². The molecule has 1 amide bonds. The molecule has 0 aromatic heterocycles. The van der Waals surface area contributed by atoms with Crippen LogP contribution in [0.2, 0.25) is 0 Å². The lowest BCUT2D eigenvalue weighted by Gasteiger charge is -2.36. The highest BCUT2D eigenvalue weighted by Crippen LogP contribution is 2.23. The quantitative estimate of drug-likeness (QED) is 0.844. The van der Waals surface area contributed by atoms with E-state index in [1.54, 1.807) is 0 Å². The van der Waals surface area contributed by atoms with Gasteiger partial charge in [0.15, 0.2) is 0 Å². The molecule has 1 aromatic carbocycles. The van der Waals surface area contributed by atoms with Crippen molar-refractivity contribution in [2.24, 2.45) is 0 Å². The number of piperazine rings is 1. The Kier molecular flexibility index (Phi) is 5.24. The fraction of sp³-hybridized carbons (Fsp3) is 0.471. The van der Waals surface area contributed by atoms with Gasteiger partial charge in [0, 0.05) is 31.9 Å². The largest absolute Gasteiger partial charge is 0.369 e. The van der Waals surface area contributed by atoms with Crippen molar-refractivity contribution >= 4 is 11.6 Å². The van der Waals surface area contributed by atoms with E-state index in [-0.39, 0.29) is 5.91 Å². The number of carbonyl (C=O) groups is 1. The molecule has 0 spiro atoms. The van der Waals surface area contributed by atoms with E-state index >= 15 is 0 Å². The lowest BCUT2D eigenvalue weighted by atomic mass is 10.1. The van der Waals surface area contributed by atoms with Gasteiger partial charge in [-0.2, -0.15) is 0 Å². The van der Waals surface area contributed by atoms with Crippen LogP contribution in [0.4, 0.5) is 5.69 Å². The molecule has 0 saturated carbocycles. The van der Waals surface area contributed by atoms with E-state index in [2.05, 4.69) is 53.1 Å². The first-order valence-corrected chi connectivity index (χ1v) is 7.35. The molecule has 2 rings (SSSR count).